The summed E-state index contributed by atoms with van der Waals surface area (Å²) < 4.78 is 46.7. The minimum absolute atomic E-state index is 0.0430. The van der Waals surface area contributed by atoms with Crippen molar-refractivity contribution < 1.29 is 22.0 Å². The number of halogens is 3. The molecular formula is C10H11ClF2N2O3S. The van der Waals surface area contributed by atoms with Gasteiger partial charge in [0.25, 0.3) is 12.3 Å². The second-order valence-electron chi connectivity index (χ2n) is 3.76. The Morgan fingerprint density at radius 2 is 2.05 bits per heavy atom. The molecule has 0 fully saturated rings. The summed E-state index contributed by atoms with van der Waals surface area (Å²) in [6.45, 7) is -0.783. The number of primary sulfonamides is 1. The summed E-state index contributed by atoms with van der Waals surface area (Å²) in [7, 11) is -2.84. The van der Waals surface area contributed by atoms with Crippen molar-refractivity contribution >= 4 is 27.5 Å². The lowest BCUT2D eigenvalue weighted by Crippen LogP contribution is -2.31. The standard InChI is InChI=1S/C10H11ClF2N2O3S/c1-15(5-9(12)13)10(16)7-4-6(19(14,17)18)2-3-8(7)11/h2-4,9H,5H2,1H3,(H2,14,17,18). The first-order valence-corrected chi connectivity index (χ1v) is 6.91. The van der Waals surface area contributed by atoms with E-state index in [0.717, 1.165) is 24.1 Å². The molecule has 19 heavy (non-hydrogen) atoms. The Morgan fingerprint density at radius 3 is 2.53 bits per heavy atom. The average Bonchev–Trinajstić information content (AvgIpc) is 2.26. The molecule has 1 aromatic rings. The molecule has 5 nitrogen and oxygen atoms in total. The maximum absolute atomic E-state index is 12.2. The van der Waals surface area contributed by atoms with E-state index in [0.29, 0.717) is 0 Å². The summed E-state index contributed by atoms with van der Waals surface area (Å²) in [6, 6.07) is 3.26. The topological polar surface area (TPSA) is 80.5 Å². The van der Waals surface area contributed by atoms with E-state index in [1.807, 2.05) is 0 Å². The van der Waals surface area contributed by atoms with E-state index in [-0.39, 0.29) is 15.5 Å². The van der Waals surface area contributed by atoms with Gasteiger partial charge in [-0.05, 0) is 18.2 Å². The van der Waals surface area contributed by atoms with Crippen molar-refractivity contribution in [1.82, 2.24) is 4.90 Å². The Kier molecular flexibility index (Phi) is 4.83. The fraction of sp³-hybridized carbons (Fsp3) is 0.300. The van der Waals surface area contributed by atoms with Crippen molar-refractivity contribution in [3.8, 4) is 0 Å². The zero-order chi connectivity index (χ0) is 14.8. The molecule has 0 radical (unpaired) electrons. The number of carbonyl (C=O) groups is 1. The van der Waals surface area contributed by atoms with E-state index in [9.17, 15) is 22.0 Å². The molecule has 0 saturated heterocycles. The lowest BCUT2D eigenvalue weighted by Gasteiger charge is -2.17. The third-order valence-corrected chi connectivity index (χ3v) is 3.50. The number of hydrogen-bond donors (Lipinski definition) is 1. The Morgan fingerprint density at radius 1 is 1.47 bits per heavy atom. The zero-order valence-corrected chi connectivity index (χ0v) is 11.4. The molecule has 0 saturated carbocycles. The van der Waals surface area contributed by atoms with Gasteiger partial charge in [0.15, 0.2) is 0 Å². The van der Waals surface area contributed by atoms with E-state index in [1.54, 1.807) is 0 Å². The number of carbonyl (C=O) groups excluding carboxylic acids is 1. The number of alkyl halides is 2. The van der Waals surface area contributed by atoms with E-state index >= 15 is 0 Å². The molecule has 1 rings (SSSR count). The summed E-state index contributed by atoms with van der Waals surface area (Å²) >= 11 is 5.75. The fourth-order valence-electron chi connectivity index (χ4n) is 1.34. The molecule has 106 valence electrons. The van der Waals surface area contributed by atoms with Crippen LogP contribution in [-0.4, -0.2) is 39.2 Å². The quantitative estimate of drug-likeness (QED) is 0.910. The largest absolute Gasteiger partial charge is 0.336 e. The molecule has 0 heterocycles. The Balaban J connectivity index is 3.16. The number of benzene rings is 1. The summed E-state index contributed by atoms with van der Waals surface area (Å²) in [5.74, 6) is -0.809. The van der Waals surface area contributed by atoms with Crippen molar-refractivity contribution in [2.24, 2.45) is 5.14 Å². The number of amides is 1. The molecule has 9 heteroatoms. The van der Waals surface area contributed by atoms with Crippen LogP contribution >= 0.6 is 11.6 Å². The van der Waals surface area contributed by atoms with Crippen LogP contribution in [0.3, 0.4) is 0 Å². The highest BCUT2D eigenvalue weighted by Gasteiger charge is 2.20. The average molecular weight is 313 g/mol. The summed E-state index contributed by atoms with van der Waals surface area (Å²) in [4.78, 5) is 12.3. The highest BCUT2D eigenvalue weighted by Crippen LogP contribution is 2.21. The smallest absolute Gasteiger partial charge is 0.255 e. The normalized spacial score (nSPS) is 11.7. The molecule has 0 unspecified atom stereocenters. The Hall–Kier alpha value is -1.25. The molecule has 0 aliphatic rings. The van der Waals surface area contributed by atoms with Crippen molar-refractivity contribution in [3.63, 3.8) is 0 Å². The van der Waals surface area contributed by atoms with Gasteiger partial charge in [-0.25, -0.2) is 22.3 Å². The first-order valence-electron chi connectivity index (χ1n) is 4.99. The molecule has 1 amide bonds. The predicted octanol–water partition coefficient (Wildman–Crippen LogP) is 1.32. The van der Waals surface area contributed by atoms with Crippen LogP contribution in [0.5, 0.6) is 0 Å². The van der Waals surface area contributed by atoms with Gasteiger partial charge in [0, 0.05) is 7.05 Å². The minimum Gasteiger partial charge on any atom is -0.336 e. The molecule has 1 aromatic carbocycles. The number of hydrogen-bond acceptors (Lipinski definition) is 3. The highest BCUT2D eigenvalue weighted by atomic mass is 35.5. The third kappa shape index (κ3) is 4.12. The van der Waals surface area contributed by atoms with Crippen LogP contribution < -0.4 is 5.14 Å². The maximum atomic E-state index is 12.2. The fourth-order valence-corrected chi connectivity index (χ4v) is 2.08. The minimum atomic E-state index is -4.00. The molecule has 2 N–H and O–H groups in total. The van der Waals surface area contributed by atoms with E-state index in [4.69, 9.17) is 16.7 Å². The van der Waals surface area contributed by atoms with Crippen LogP contribution in [0, 0.1) is 0 Å². The lowest BCUT2D eigenvalue weighted by atomic mass is 10.2. The molecule has 0 aromatic heterocycles. The van der Waals surface area contributed by atoms with Crippen molar-refractivity contribution in [3.05, 3.63) is 28.8 Å². The number of sulfonamides is 1. The molecule has 0 atom stereocenters. The SMILES string of the molecule is CN(CC(F)F)C(=O)c1cc(S(N)(=O)=O)ccc1Cl. The van der Waals surface area contributed by atoms with Crippen LogP contribution in [-0.2, 0) is 10.0 Å². The van der Waals surface area contributed by atoms with Crippen molar-refractivity contribution in [2.45, 2.75) is 11.3 Å². The van der Waals surface area contributed by atoms with Gasteiger partial charge < -0.3 is 4.90 Å². The molecule has 0 spiro atoms. The highest BCUT2D eigenvalue weighted by molar-refractivity contribution is 7.89. The monoisotopic (exact) mass is 312 g/mol. The maximum Gasteiger partial charge on any atom is 0.255 e. The second-order valence-corrected chi connectivity index (χ2v) is 5.73. The second kappa shape index (κ2) is 5.81. The summed E-state index contributed by atoms with van der Waals surface area (Å²) in [6.07, 6.45) is -2.70. The zero-order valence-electron chi connectivity index (χ0n) is 9.81. The van der Waals surface area contributed by atoms with E-state index < -0.39 is 28.9 Å². The van der Waals surface area contributed by atoms with Crippen molar-refractivity contribution in [1.29, 1.82) is 0 Å². The van der Waals surface area contributed by atoms with Gasteiger partial charge in [-0.15, -0.1) is 0 Å². The van der Waals surface area contributed by atoms with Gasteiger partial charge >= 0.3 is 0 Å². The number of rotatable bonds is 4. The third-order valence-electron chi connectivity index (χ3n) is 2.26. The number of nitrogens with two attached hydrogens (primary N) is 1. The first kappa shape index (κ1) is 15.8. The Labute approximate surface area is 114 Å². The van der Waals surface area contributed by atoms with Gasteiger partial charge in [0.2, 0.25) is 10.0 Å². The van der Waals surface area contributed by atoms with Gasteiger partial charge in [-0.1, -0.05) is 11.6 Å². The van der Waals surface area contributed by atoms with Gasteiger partial charge in [-0.2, -0.15) is 0 Å². The number of nitrogens with zero attached hydrogens (tertiary/aromatic N) is 1. The first-order chi connectivity index (χ1) is 8.62. The Bertz CT molecular complexity index is 592. The van der Waals surface area contributed by atoms with E-state index in [1.165, 1.54) is 6.07 Å². The lowest BCUT2D eigenvalue weighted by molar-refractivity contribution is 0.0620. The molecule has 0 aliphatic carbocycles. The summed E-state index contributed by atoms with van der Waals surface area (Å²) in [5, 5.41) is 4.87. The van der Waals surface area contributed by atoms with E-state index in [2.05, 4.69) is 0 Å². The van der Waals surface area contributed by atoms with Gasteiger partial charge in [0.1, 0.15) is 0 Å². The van der Waals surface area contributed by atoms with Crippen molar-refractivity contribution in [2.75, 3.05) is 13.6 Å². The summed E-state index contributed by atoms with van der Waals surface area (Å²) in [5.41, 5.74) is -0.198. The van der Waals surface area contributed by atoms with Gasteiger partial charge in [0.05, 0.1) is 22.0 Å². The van der Waals surface area contributed by atoms with Crippen LogP contribution in [0.25, 0.3) is 0 Å². The van der Waals surface area contributed by atoms with Crippen LogP contribution in [0.15, 0.2) is 23.1 Å². The predicted molar refractivity (Wildman–Crippen MR) is 65.8 cm³/mol. The molecule has 0 bridgehead atoms. The molecular weight excluding hydrogens is 302 g/mol. The van der Waals surface area contributed by atoms with Gasteiger partial charge in [-0.3, -0.25) is 4.79 Å². The molecule has 0 aliphatic heterocycles. The van der Waals surface area contributed by atoms with Crippen LogP contribution in [0.2, 0.25) is 5.02 Å². The van der Waals surface area contributed by atoms with Crippen LogP contribution in [0.4, 0.5) is 8.78 Å². The van der Waals surface area contributed by atoms with Crippen LogP contribution in [0.1, 0.15) is 10.4 Å².